The minimum atomic E-state index is -0.971. The third-order valence-electron chi connectivity index (χ3n) is 7.35. The molecule has 0 unspecified atom stereocenters. The number of aromatic carboxylic acids is 1. The fourth-order valence-corrected chi connectivity index (χ4v) is 6.58. The number of likely N-dealkylation sites (tertiary alicyclic amines) is 1. The van der Waals surface area contributed by atoms with Gasteiger partial charge in [0.1, 0.15) is 22.4 Å². The predicted molar refractivity (Wildman–Crippen MR) is 172 cm³/mol. The van der Waals surface area contributed by atoms with E-state index in [2.05, 4.69) is 4.90 Å². The molecule has 42 heavy (non-hydrogen) atoms. The summed E-state index contributed by atoms with van der Waals surface area (Å²) in [4.78, 5) is 29.1. The van der Waals surface area contributed by atoms with Crippen LogP contribution in [0.3, 0.4) is 0 Å². The molecular formula is C32H31ClN2O5S2. The Morgan fingerprint density at radius 2 is 1.83 bits per heavy atom. The van der Waals surface area contributed by atoms with Crippen molar-refractivity contribution in [3.63, 3.8) is 0 Å². The SMILES string of the molecule is COc1ccc(-c2ccc(OCCN3CCCC3)c(C=C3SC(=S)N(CCc4ccc(C(=O)O)cc4)C3=O)c2)c(Cl)c1. The number of thiocarbonyl (C=S) groups is 1. The number of carbonyl (C=O) groups excluding carboxylic acids is 1. The van der Waals surface area contributed by atoms with E-state index in [1.807, 2.05) is 36.4 Å². The Labute approximate surface area is 260 Å². The van der Waals surface area contributed by atoms with Crippen molar-refractivity contribution in [3.8, 4) is 22.6 Å². The van der Waals surface area contributed by atoms with Gasteiger partial charge in [0.05, 0.1) is 22.6 Å². The van der Waals surface area contributed by atoms with Gasteiger partial charge in [0.15, 0.2) is 0 Å². The molecule has 0 atom stereocenters. The van der Waals surface area contributed by atoms with E-state index in [1.165, 1.54) is 24.6 Å². The summed E-state index contributed by atoms with van der Waals surface area (Å²) in [5.41, 5.74) is 3.66. The highest BCUT2D eigenvalue weighted by molar-refractivity contribution is 8.26. The molecule has 2 aliphatic rings. The van der Waals surface area contributed by atoms with Gasteiger partial charge < -0.3 is 14.6 Å². The van der Waals surface area contributed by atoms with Crippen molar-refractivity contribution in [2.75, 3.05) is 39.9 Å². The van der Waals surface area contributed by atoms with Crippen molar-refractivity contribution >= 4 is 57.9 Å². The molecule has 2 fully saturated rings. The summed E-state index contributed by atoms with van der Waals surface area (Å²) in [6, 6.07) is 18.1. The number of rotatable bonds is 11. The smallest absolute Gasteiger partial charge is 0.335 e. The average molecular weight is 623 g/mol. The van der Waals surface area contributed by atoms with Crippen LogP contribution < -0.4 is 9.47 Å². The first-order valence-electron chi connectivity index (χ1n) is 13.7. The van der Waals surface area contributed by atoms with Crippen LogP contribution in [0.25, 0.3) is 17.2 Å². The Balaban J connectivity index is 1.37. The Kier molecular flexibility index (Phi) is 9.84. The molecule has 2 heterocycles. The van der Waals surface area contributed by atoms with Crippen LogP contribution in [0.5, 0.6) is 11.5 Å². The number of benzene rings is 3. The predicted octanol–water partition coefficient (Wildman–Crippen LogP) is 6.63. The highest BCUT2D eigenvalue weighted by atomic mass is 35.5. The number of carboxylic acids is 1. The monoisotopic (exact) mass is 622 g/mol. The number of methoxy groups -OCH3 is 1. The van der Waals surface area contributed by atoms with Crippen LogP contribution in [0.1, 0.15) is 34.3 Å². The maximum atomic E-state index is 13.5. The number of carbonyl (C=O) groups is 2. The highest BCUT2D eigenvalue weighted by Crippen LogP contribution is 2.38. The maximum Gasteiger partial charge on any atom is 0.335 e. The molecule has 5 rings (SSSR count). The van der Waals surface area contributed by atoms with Gasteiger partial charge in [0, 0.05) is 24.2 Å². The zero-order chi connectivity index (χ0) is 29.6. The quantitative estimate of drug-likeness (QED) is 0.189. The molecule has 1 N–H and O–H groups in total. The second kappa shape index (κ2) is 13.7. The first-order valence-corrected chi connectivity index (χ1v) is 15.3. The topological polar surface area (TPSA) is 79.3 Å². The van der Waals surface area contributed by atoms with Gasteiger partial charge in [0.2, 0.25) is 0 Å². The molecule has 0 aromatic heterocycles. The number of ether oxygens (including phenoxy) is 2. The fourth-order valence-electron chi connectivity index (χ4n) is 5.00. The molecule has 10 heteroatoms. The molecule has 3 aromatic carbocycles. The molecule has 7 nitrogen and oxygen atoms in total. The van der Waals surface area contributed by atoms with E-state index in [0.717, 1.165) is 41.9 Å². The Bertz CT molecular complexity index is 1520. The highest BCUT2D eigenvalue weighted by Gasteiger charge is 2.32. The number of hydrogen-bond donors (Lipinski definition) is 1. The summed E-state index contributed by atoms with van der Waals surface area (Å²) in [7, 11) is 1.60. The molecule has 218 valence electrons. The van der Waals surface area contributed by atoms with Gasteiger partial charge in [-0.25, -0.2) is 4.79 Å². The van der Waals surface area contributed by atoms with E-state index in [-0.39, 0.29) is 11.5 Å². The molecular weight excluding hydrogens is 592 g/mol. The molecule has 2 aliphatic heterocycles. The molecule has 3 aromatic rings. The minimum Gasteiger partial charge on any atom is -0.497 e. The third kappa shape index (κ3) is 7.15. The summed E-state index contributed by atoms with van der Waals surface area (Å²) in [5.74, 6) is 0.225. The van der Waals surface area contributed by atoms with E-state index < -0.39 is 5.97 Å². The van der Waals surface area contributed by atoms with E-state index >= 15 is 0 Å². The summed E-state index contributed by atoms with van der Waals surface area (Å²) < 4.78 is 12.0. The first-order chi connectivity index (χ1) is 20.3. The van der Waals surface area contributed by atoms with Crippen LogP contribution in [-0.2, 0) is 11.2 Å². The summed E-state index contributed by atoms with van der Waals surface area (Å²) in [6.45, 7) is 3.98. The van der Waals surface area contributed by atoms with Gasteiger partial charge in [-0.15, -0.1) is 0 Å². The number of hydrogen-bond acceptors (Lipinski definition) is 7. The molecule has 0 saturated carbocycles. The standard InChI is InChI=1S/C32H31ClN2O5S2/c1-39-25-9-10-26(27(33)20-25)23-8-11-28(40-17-16-34-13-2-3-14-34)24(18-23)19-29-30(36)35(32(41)42-29)15-12-21-4-6-22(7-5-21)31(37)38/h4-11,18-20H,2-3,12-17H2,1H3,(H,37,38). The summed E-state index contributed by atoms with van der Waals surface area (Å²) >= 11 is 13.4. The second-order valence-corrected chi connectivity index (χ2v) is 12.2. The van der Waals surface area contributed by atoms with Crippen molar-refractivity contribution in [2.45, 2.75) is 19.3 Å². The first kappa shape index (κ1) is 30.1. The lowest BCUT2D eigenvalue weighted by atomic mass is 10.0. The Hall–Kier alpha value is -3.37. The third-order valence-corrected chi connectivity index (χ3v) is 9.04. The van der Waals surface area contributed by atoms with Gasteiger partial charge in [-0.2, -0.15) is 0 Å². The van der Waals surface area contributed by atoms with Crippen molar-refractivity contribution < 1.29 is 24.2 Å². The summed E-state index contributed by atoms with van der Waals surface area (Å²) in [6.07, 6.45) is 4.83. The molecule has 2 saturated heterocycles. The van der Waals surface area contributed by atoms with E-state index in [4.69, 9.17) is 38.4 Å². The lowest BCUT2D eigenvalue weighted by Gasteiger charge is -2.17. The lowest BCUT2D eigenvalue weighted by Crippen LogP contribution is -2.30. The molecule has 1 amide bonds. The van der Waals surface area contributed by atoms with Crippen molar-refractivity contribution in [2.24, 2.45) is 0 Å². The maximum absolute atomic E-state index is 13.5. The van der Waals surface area contributed by atoms with Gasteiger partial charge >= 0.3 is 5.97 Å². The Morgan fingerprint density at radius 3 is 2.52 bits per heavy atom. The van der Waals surface area contributed by atoms with Gasteiger partial charge in [0.25, 0.3) is 5.91 Å². The molecule has 0 aliphatic carbocycles. The number of nitrogens with zero attached hydrogens (tertiary/aromatic N) is 2. The lowest BCUT2D eigenvalue weighted by molar-refractivity contribution is -0.122. The van der Waals surface area contributed by atoms with Crippen LogP contribution in [-0.4, -0.2) is 71.0 Å². The molecule has 0 radical (unpaired) electrons. The van der Waals surface area contributed by atoms with Gasteiger partial charge in [-0.1, -0.05) is 53.8 Å². The largest absolute Gasteiger partial charge is 0.497 e. The van der Waals surface area contributed by atoms with E-state index in [1.54, 1.807) is 42.3 Å². The van der Waals surface area contributed by atoms with E-state index in [0.29, 0.717) is 45.3 Å². The van der Waals surface area contributed by atoms with Crippen LogP contribution in [0.15, 0.2) is 65.6 Å². The number of thioether (sulfide) groups is 1. The van der Waals surface area contributed by atoms with E-state index in [9.17, 15) is 9.59 Å². The number of amides is 1. The van der Waals surface area contributed by atoms with Crippen molar-refractivity contribution in [3.05, 3.63) is 87.3 Å². The average Bonchev–Trinajstić information content (AvgIpc) is 3.60. The molecule has 0 bridgehead atoms. The minimum absolute atomic E-state index is 0.164. The van der Waals surface area contributed by atoms with Crippen LogP contribution in [0.2, 0.25) is 5.02 Å². The van der Waals surface area contributed by atoms with Crippen LogP contribution >= 0.6 is 35.6 Å². The summed E-state index contributed by atoms with van der Waals surface area (Å²) in [5, 5.41) is 9.69. The Morgan fingerprint density at radius 1 is 1.07 bits per heavy atom. The van der Waals surface area contributed by atoms with Crippen molar-refractivity contribution in [1.29, 1.82) is 0 Å². The fraction of sp³-hybridized carbons (Fsp3) is 0.281. The van der Waals surface area contributed by atoms with Crippen LogP contribution in [0.4, 0.5) is 0 Å². The number of carboxylic acid groups (broad SMARTS) is 1. The molecule has 0 spiro atoms. The zero-order valence-electron chi connectivity index (χ0n) is 23.2. The van der Waals surface area contributed by atoms with Crippen LogP contribution in [0, 0.1) is 0 Å². The number of halogens is 1. The van der Waals surface area contributed by atoms with Crippen molar-refractivity contribution in [1.82, 2.24) is 9.80 Å². The van der Waals surface area contributed by atoms with Gasteiger partial charge in [-0.3, -0.25) is 14.6 Å². The normalized spacial score (nSPS) is 16.4. The van der Waals surface area contributed by atoms with Gasteiger partial charge in [-0.05, 0) is 92.0 Å². The zero-order valence-corrected chi connectivity index (χ0v) is 25.6. The second-order valence-electron chi connectivity index (χ2n) is 10.1.